The van der Waals surface area contributed by atoms with Gasteiger partial charge in [0.25, 0.3) is 11.8 Å². The first kappa shape index (κ1) is 23.0. The second-order valence-electron chi connectivity index (χ2n) is 9.42. The van der Waals surface area contributed by atoms with Gasteiger partial charge in [0, 0.05) is 33.5 Å². The van der Waals surface area contributed by atoms with Crippen molar-refractivity contribution in [3.05, 3.63) is 88.4 Å². The van der Waals surface area contributed by atoms with E-state index in [4.69, 9.17) is 11.6 Å². The second kappa shape index (κ2) is 9.47. The Morgan fingerprint density at radius 3 is 2.44 bits per heavy atom. The van der Waals surface area contributed by atoms with Crippen molar-refractivity contribution >= 4 is 40.9 Å². The van der Waals surface area contributed by atoms with Gasteiger partial charge < -0.3 is 9.80 Å². The molecule has 0 spiro atoms. The summed E-state index contributed by atoms with van der Waals surface area (Å²) in [5.41, 5.74) is 2.88. The summed E-state index contributed by atoms with van der Waals surface area (Å²) in [7, 11) is 0. The molecule has 3 aromatic rings. The highest BCUT2D eigenvalue weighted by Crippen LogP contribution is 2.42. The number of fused-ring (bicyclic) bond motifs is 2. The molecule has 4 nitrogen and oxygen atoms in total. The van der Waals surface area contributed by atoms with Gasteiger partial charge in [0.05, 0.1) is 17.8 Å². The molecule has 2 unspecified atom stereocenters. The highest BCUT2D eigenvalue weighted by atomic mass is 35.5. The van der Waals surface area contributed by atoms with Gasteiger partial charge in [0.2, 0.25) is 0 Å². The number of piperidine rings is 1. The molecule has 1 fully saturated rings. The van der Waals surface area contributed by atoms with E-state index in [0.717, 1.165) is 40.6 Å². The maximum atomic E-state index is 13.8. The highest BCUT2D eigenvalue weighted by molar-refractivity contribution is 7.99. The molecule has 0 aromatic heterocycles. The molecule has 0 radical (unpaired) electrons. The zero-order chi connectivity index (χ0) is 23.8. The fourth-order valence-electron chi connectivity index (χ4n) is 5.02. The number of benzene rings is 3. The molecule has 3 aromatic carbocycles. The number of nitrogens with zero attached hydrogens (tertiary/aromatic N) is 2. The van der Waals surface area contributed by atoms with E-state index in [0.29, 0.717) is 34.5 Å². The Kier molecular flexibility index (Phi) is 6.41. The summed E-state index contributed by atoms with van der Waals surface area (Å²) in [5.74, 6) is 0.901. The number of halogens is 1. The summed E-state index contributed by atoms with van der Waals surface area (Å²) < 4.78 is 0. The van der Waals surface area contributed by atoms with Crippen LogP contribution in [0.2, 0.25) is 5.02 Å². The Morgan fingerprint density at radius 2 is 1.68 bits per heavy atom. The number of likely N-dealkylation sites (tertiary alicyclic amines) is 1. The summed E-state index contributed by atoms with van der Waals surface area (Å²) in [6.45, 7) is 6.26. The summed E-state index contributed by atoms with van der Waals surface area (Å²) >= 11 is 8.03. The van der Waals surface area contributed by atoms with Crippen LogP contribution in [0.15, 0.2) is 76.5 Å². The van der Waals surface area contributed by atoms with E-state index in [9.17, 15) is 9.59 Å². The Labute approximate surface area is 209 Å². The average molecular weight is 491 g/mol. The lowest BCUT2D eigenvalue weighted by atomic mass is 9.91. The van der Waals surface area contributed by atoms with Crippen LogP contribution in [0.4, 0.5) is 5.69 Å². The fourth-order valence-corrected chi connectivity index (χ4v) is 6.27. The van der Waals surface area contributed by atoms with E-state index >= 15 is 0 Å². The van der Waals surface area contributed by atoms with Crippen molar-refractivity contribution in [1.82, 2.24) is 4.90 Å². The minimum absolute atomic E-state index is 0.0260. The molecule has 2 aliphatic rings. The molecule has 2 aliphatic heterocycles. The van der Waals surface area contributed by atoms with Crippen LogP contribution in [-0.2, 0) is 6.54 Å². The molecule has 0 aliphatic carbocycles. The lowest BCUT2D eigenvalue weighted by molar-refractivity contribution is 0.0623. The standard InChI is InChI=1S/C28H27ClN2O2S/c1-18-13-19(2)16-30(15-18)27(32)20-11-12-26-24(14-20)31(17-21-7-3-5-9-23(21)29)28(33)22-8-4-6-10-25(22)34-26/h3-12,14,18-19H,13,15-17H2,1-2H3. The minimum atomic E-state index is -0.0911. The van der Waals surface area contributed by atoms with Gasteiger partial charge in [-0.25, -0.2) is 0 Å². The van der Waals surface area contributed by atoms with Crippen molar-refractivity contribution in [2.24, 2.45) is 11.8 Å². The molecule has 0 N–H and O–H groups in total. The smallest absolute Gasteiger partial charge is 0.259 e. The maximum Gasteiger partial charge on any atom is 0.259 e. The first-order chi connectivity index (χ1) is 16.4. The fraction of sp³-hybridized carbons (Fsp3) is 0.286. The molecule has 0 saturated carbocycles. The molecule has 5 rings (SSSR count). The third kappa shape index (κ3) is 4.47. The predicted molar refractivity (Wildman–Crippen MR) is 138 cm³/mol. The summed E-state index contributed by atoms with van der Waals surface area (Å²) in [5, 5.41) is 0.616. The van der Waals surface area contributed by atoms with Crippen molar-refractivity contribution in [3.63, 3.8) is 0 Å². The Bertz CT molecular complexity index is 1250. The van der Waals surface area contributed by atoms with Crippen LogP contribution in [0.5, 0.6) is 0 Å². The van der Waals surface area contributed by atoms with Crippen molar-refractivity contribution < 1.29 is 9.59 Å². The van der Waals surface area contributed by atoms with Gasteiger partial charge in [-0.3, -0.25) is 9.59 Å². The van der Waals surface area contributed by atoms with Crippen LogP contribution in [0.1, 0.15) is 46.5 Å². The Balaban J connectivity index is 1.57. The molecule has 2 amide bonds. The monoisotopic (exact) mass is 490 g/mol. The Morgan fingerprint density at radius 1 is 0.971 bits per heavy atom. The van der Waals surface area contributed by atoms with Gasteiger partial charge in [0.1, 0.15) is 0 Å². The van der Waals surface area contributed by atoms with Crippen molar-refractivity contribution in [3.8, 4) is 0 Å². The highest BCUT2D eigenvalue weighted by Gasteiger charge is 2.30. The first-order valence-corrected chi connectivity index (χ1v) is 12.9. The number of carbonyl (C=O) groups excluding carboxylic acids is 2. The van der Waals surface area contributed by atoms with Crippen LogP contribution in [0, 0.1) is 11.8 Å². The zero-order valence-corrected chi connectivity index (χ0v) is 20.9. The van der Waals surface area contributed by atoms with Gasteiger partial charge in [-0.2, -0.15) is 0 Å². The van der Waals surface area contributed by atoms with Gasteiger partial charge in [-0.05, 0) is 60.2 Å². The molecule has 2 heterocycles. The third-order valence-corrected chi connectivity index (χ3v) is 8.03. The zero-order valence-electron chi connectivity index (χ0n) is 19.3. The molecule has 174 valence electrons. The Hall–Kier alpha value is -2.76. The molecule has 34 heavy (non-hydrogen) atoms. The van der Waals surface area contributed by atoms with Crippen LogP contribution in [0.3, 0.4) is 0 Å². The van der Waals surface area contributed by atoms with Gasteiger partial charge >= 0.3 is 0 Å². The van der Waals surface area contributed by atoms with E-state index in [-0.39, 0.29) is 11.8 Å². The second-order valence-corrected chi connectivity index (χ2v) is 10.9. The van der Waals surface area contributed by atoms with Gasteiger partial charge in [-0.15, -0.1) is 0 Å². The molecule has 6 heteroatoms. The molecular weight excluding hydrogens is 464 g/mol. The third-order valence-electron chi connectivity index (χ3n) is 6.52. The van der Waals surface area contributed by atoms with Crippen molar-refractivity contribution in [2.45, 2.75) is 36.6 Å². The van der Waals surface area contributed by atoms with Gasteiger partial charge in [0.15, 0.2) is 0 Å². The SMILES string of the molecule is CC1CC(C)CN(C(=O)c2ccc3c(c2)N(Cc2ccccc2Cl)C(=O)c2ccccc2S3)C1. The molecule has 1 saturated heterocycles. The predicted octanol–water partition coefficient (Wildman–Crippen LogP) is 6.77. The van der Waals surface area contributed by atoms with E-state index < -0.39 is 0 Å². The van der Waals surface area contributed by atoms with Crippen molar-refractivity contribution in [2.75, 3.05) is 18.0 Å². The number of rotatable bonds is 3. The maximum absolute atomic E-state index is 13.8. The van der Waals surface area contributed by atoms with Crippen LogP contribution in [-0.4, -0.2) is 29.8 Å². The summed E-state index contributed by atoms with van der Waals surface area (Å²) in [6.07, 6.45) is 1.14. The van der Waals surface area contributed by atoms with Crippen LogP contribution >= 0.6 is 23.4 Å². The number of anilines is 1. The van der Waals surface area contributed by atoms with E-state index in [1.54, 1.807) is 16.7 Å². The summed E-state index contributed by atoms with van der Waals surface area (Å²) in [6, 6.07) is 21.0. The largest absolute Gasteiger partial charge is 0.338 e. The number of hydrogen-bond donors (Lipinski definition) is 0. The summed E-state index contributed by atoms with van der Waals surface area (Å²) in [4.78, 5) is 32.8. The lowest BCUT2D eigenvalue weighted by Gasteiger charge is -2.35. The van der Waals surface area contributed by atoms with Gasteiger partial charge in [-0.1, -0.05) is 67.5 Å². The molecular formula is C28H27ClN2O2S. The van der Waals surface area contributed by atoms with Crippen LogP contribution in [0.25, 0.3) is 0 Å². The van der Waals surface area contributed by atoms with E-state index in [1.165, 1.54) is 0 Å². The molecule has 2 atom stereocenters. The number of hydrogen-bond acceptors (Lipinski definition) is 3. The van der Waals surface area contributed by atoms with E-state index in [2.05, 4.69) is 13.8 Å². The number of carbonyl (C=O) groups is 2. The van der Waals surface area contributed by atoms with Crippen molar-refractivity contribution in [1.29, 1.82) is 0 Å². The minimum Gasteiger partial charge on any atom is -0.338 e. The number of amides is 2. The van der Waals surface area contributed by atoms with Crippen LogP contribution < -0.4 is 4.90 Å². The van der Waals surface area contributed by atoms with E-state index in [1.807, 2.05) is 71.6 Å². The topological polar surface area (TPSA) is 40.6 Å². The lowest BCUT2D eigenvalue weighted by Crippen LogP contribution is -2.42. The molecule has 0 bridgehead atoms. The normalized spacial score (nSPS) is 19.9. The quantitative estimate of drug-likeness (QED) is 0.406. The average Bonchev–Trinajstić information content (AvgIpc) is 2.93. The first-order valence-electron chi connectivity index (χ1n) is 11.7.